The minimum Gasteiger partial charge on any atom is -0.314 e. The summed E-state index contributed by atoms with van der Waals surface area (Å²) in [6.45, 7) is 0. The lowest BCUT2D eigenvalue weighted by molar-refractivity contribution is 0.386. The summed E-state index contributed by atoms with van der Waals surface area (Å²) in [7, 11) is 0. The van der Waals surface area contributed by atoms with Gasteiger partial charge in [0.2, 0.25) is 0 Å². The Morgan fingerprint density at radius 1 is 1.25 bits per heavy atom. The Kier molecular flexibility index (Phi) is 1.28. The van der Waals surface area contributed by atoms with E-state index in [2.05, 4.69) is 14.8 Å². The van der Waals surface area contributed by atoms with Gasteiger partial charge in [-0.1, -0.05) is 6.42 Å². The van der Waals surface area contributed by atoms with Crippen LogP contribution < -0.4 is 0 Å². The zero-order valence-electron chi connectivity index (χ0n) is 7.11. The van der Waals surface area contributed by atoms with E-state index in [0.717, 1.165) is 12.0 Å². The van der Waals surface area contributed by atoms with Gasteiger partial charge in [0, 0.05) is 12.0 Å². The van der Waals surface area contributed by atoms with Crippen molar-refractivity contribution < 1.29 is 0 Å². The zero-order chi connectivity index (χ0) is 7.97. The van der Waals surface area contributed by atoms with Gasteiger partial charge in [0.25, 0.3) is 0 Å². The number of hydrogen-bond acceptors (Lipinski definition) is 2. The summed E-state index contributed by atoms with van der Waals surface area (Å²) < 4.78 is 2.30. The molecule has 0 amide bonds. The van der Waals surface area contributed by atoms with Gasteiger partial charge in [-0.15, -0.1) is 10.2 Å². The molecule has 0 unspecified atom stereocenters. The number of aromatic nitrogens is 3. The van der Waals surface area contributed by atoms with Crippen molar-refractivity contribution in [1.82, 2.24) is 14.8 Å². The monoisotopic (exact) mass is 163 g/mol. The molecule has 3 rings (SSSR count). The van der Waals surface area contributed by atoms with Crippen LogP contribution in [0.15, 0.2) is 6.33 Å². The van der Waals surface area contributed by atoms with Crippen LogP contribution in [-0.4, -0.2) is 14.8 Å². The average molecular weight is 163 g/mol. The first-order valence-corrected chi connectivity index (χ1v) is 4.84. The van der Waals surface area contributed by atoms with Crippen LogP contribution in [0.25, 0.3) is 0 Å². The van der Waals surface area contributed by atoms with Gasteiger partial charge in [-0.2, -0.15) is 0 Å². The maximum Gasteiger partial charge on any atom is 0.136 e. The molecule has 0 N–H and O–H groups in total. The van der Waals surface area contributed by atoms with Crippen molar-refractivity contribution in [2.24, 2.45) is 0 Å². The summed E-state index contributed by atoms with van der Waals surface area (Å²) in [5.74, 6) is 1.98. The Morgan fingerprint density at radius 2 is 2.08 bits per heavy atom. The van der Waals surface area contributed by atoms with E-state index in [-0.39, 0.29) is 0 Å². The van der Waals surface area contributed by atoms with Gasteiger partial charge in [0.05, 0.1) is 0 Å². The van der Waals surface area contributed by atoms with Gasteiger partial charge in [0.15, 0.2) is 0 Å². The molecular formula is C9H13N3. The molecule has 2 aliphatic rings. The molecule has 0 aliphatic heterocycles. The first-order valence-electron chi connectivity index (χ1n) is 4.84. The molecular weight excluding hydrogens is 150 g/mol. The normalized spacial score (nSPS) is 24.0. The lowest BCUT2D eigenvalue weighted by Crippen LogP contribution is -2.14. The highest BCUT2D eigenvalue weighted by Gasteiger charge is 2.31. The summed E-state index contributed by atoms with van der Waals surface area (Å²) in [5, 5.41) is 8.21. The van der Waals surface area contributed by atoms with Gasteiger partial charge >= 0.3 is 0 Å². The second-order valence-corrected chi connectivity index (χ2v) is 3.96. The fourth-order valence-electron chi connectivity index (χ4n) is 1.84. The van der Waals surface area contributed by atoms with Crippen LogP contribution in [0.3, 0.4) is 0 Å². The smallest absolute Gasteiger partial charge is 0.136 e. The largest absolute Gasteiger partial charge is 0.314 e. The van der Waals surface area contributed by atoms with E-state index in [9.17, 15) is 0 Å². The van der Waals surface area contributed by atoms with Crippen LogP contribution in [-0.2, 0) is 0 Å². The maximum absolute atomic E-state index is 4.21. The number of rotatable bonds is 2. The van der Waals surface area contributed by atoms with Crippen molar-refractivity contribution in [1.29, 1.82) is 0 Å². The van der Waals surface area contributed by atoms with Crippen LogP contribution >= 0.6 is 0 Å². The van der Waals surface area contributed by atoms with Gasteiger partial charge < -0.3 is 4.57 Å². The molecule has 1 aromatic rings. The molecule has 0 spiro atoms. The molecule has 0 aromatic carbocycles. The molecule has 64 valence electrons. The fraction of sp³-hybridized carbons (Fsp3) is 0.778. The zero-order valence-corrected chi connectivity index (χ0v) is 7.11. The highest BCUT2D eigenvalue weighted by Crippen LogP contribution is 2.41. The predicted octanol–water partition coefficient (Wildman–Crippen LogP) is 1.88. The van der Waals surface area contributed by atoms with Crippen LogP contribution in [0.2, 0.25) is 0 Å². The molecule has 0 saturated heterocycles. The lowest BCUT2D eigenvalue weighted by Gasteiger charge is -2.24. The molecule has 3 nitrogen and oxygen atoms in total. The third kappa shape index (κ3) is 0.886. The lowest BCUT2D eigenvalue weighted by atomic mass is 9.85. The predicted molar refractivity (Wildman–Crippen MR) is 44.9 cm³/mol. The second kappa shape index (κ2) is 2.31. The number of nitrogens with zero attached hydrogens (tertiary/aromatic N) is 3. The first kappa shape index (κ1) is 6.63. The molecule has 1 heterocycles. The standard InChI is InChI=1S/C9H13N3/c1-2-7(3-1)9-11-10-6-12(9)8-4-5-8/h6-8H,1-5H2. The minimum absolute atomic E-state index is 0.730. The third-order valence-corrected chi connectivity index (χ3v) is 3.01. The molecule has 0 radical (unpaired) electrons. The molecule has 0 bridgehead atoms. The Hall–Kier alpha value is -0.860. The fourth-order valence-corrected chi connectivity index (χ4v) is 1.84. The van der Waals surface area contributed by atoms with Crippen LogP contribution in [0, 0.1) is 0 Å². The summed E-state index contributed by atoms with van der Waals surface area (Å²) in [4.78, 5) is 0. The highest BCUT2D eigenvalue weighted by atomic mass is 15.3. The van der Waals surface area contributed by atoms with E-state index in [4.69, 9.17) is 0 Å². The maximum atomic E-state index is 4.21. The first-order chi connectivity index (χ1) is 5.95. The van der Waals surface area contributed by atoms with Gasteiger partial charge in [-0.05, 0) is 25.7 Å². The van der Waals surface area contributed by atoms with Crippen molar-refractivity contribution in [3.8, 4) is 0 Å². The summed E-state index contributed by atoms with van der Waals surface area (Å²) >= 11 is 0. The topological polar surface area (TPSA) is 30.7 Å². The molecule has 2 fully saturated rings. The van der Waals surface area contributed by atoms with Crippen molar-refractivity contribution in [3.05, 3.63) is 12.2 Å². The molecule has 0 atom stereocenters. The Morgan fingerprint density at radius 3 is 2.67 bits per heavy atom. The molecule has 3 heteroatoms. The van der Waals surface area contributed by atoms with Crippen molar-refractivity contribution in [3.63, 3.8) is 0 Å². The summed E-state index contributed by atoms with van der Waals surface area (Å²) in [5.41, 5.74) is 0. The quantitative estimate of drug-likeness (QED) is 0.666. The van der Waals surface area contributed by atoms with Crippen LogP contribution in [0.4, 0.5) is 0 Å². The van der Waals surface area contributed by atoms with Crippen molar-refractivity contribution in [2.45, 2.75) is 44.1 Å². The summed E-state index contributed by atoms with van der Waals surface area (Å²) in [6, 6.07) is 0.746. The molecule has 1 aromatic heterocycles. The average Bonchev–Trinajstić information content (AvgIpc) is 2.70. The Balaban J connectivity index is 1.91. The van der Waals surface area contributed by atoms with Crippen molar-refractivity contribution in [2.75, 3.05) is 0 Å². The van der Waals surface area contributed by atoms with Crippen LogP contribution in [0.5, 0.6) is 0 Å². The van der Waals surface area contributed by atoms with Gasteiger partial charge in [-0.3, -0.25) is 0 Å². The molecule has 2 saturated carbocycles. The minimum atomic E-state index is 0.730. The highest BCUT2D eigenvalue weighted by molar-refractivity contribution is 5.04. The summed E-state index contributed by atoms with van der Waals surface area (Å²) in [6.07, 6.45) is 8.60. The van der Waals surface area contributed by atoms with Gasteiger partial charge in [0.1, 0.15) is 12.2 Å². The van der Waals surface area contributed by atoms with E-state index < -0.39 is 0 Å². The van der Waals surface area contributed by atoms with Crippen molar-refractivity contribution >= 4 is 0 Å². The van der Waals surface area contributed by atoms with Gasteiger partial charge in [-0.25, -0.2) is 0 Å². The van der Waals surface area contributed by atoms with E-state index in [0.29, 0.717) is 0 Å². The van der Waals surface area contributed by atoms with E-state index in [1.807, 2.05) is 6.33 Å². The van der Waals surface area contributed by atoms with E-state index in [1.54, 1.807) is 0 Å². The Labute approximate surface area is 71.8 Å². The van der Waals surface area contributed by atoms with Crippen LogP contribution in [0.1, 0.15) is 49.9 Å². The van der Waals surface area contributed by atoms with E-state index >= 15 is 0 Å². The second-order valence-electron chi connectivity index (χ2n) is 3.96. The SMILES string of the molecule is c1nnc(C2CCC2)n1C1CC1. The molecule has 2 aliphatic carbocycles. The Bertz CT molecular complexity index is 284. The number of hydrogen-bond donors (Lipinski definition) is 0. The molecule has 12 heavy (non-hydrogen) atoms. The third-order valence-electron chi connectivity index (χ3n) is 3.01. The van der Waals surface area contributed by atoms with E-state index in [1.165, 1.54) is 37.9 Å².